The SMILES string of the molecule is CCCCC(Nc1ccccc1O)C1CCCCC1. The molecule has 106 valence electrons. The van der Waals surface area contributed by atoms with E-state index in [0.717, 1.165) is 11.6 Å². The normalized spacial score (nSPS) is 18.2. The highest BCUT2D eigenvalue weighted by atomic mass is 16.3. The quantitative estimate of drug-likeness (QED) is 0.711. The Hall–Kier alpha value is -1.18. The second-order valence-electron chi connectivity index (χ2n) is 5.81. The fraction of sp³-hybridized carbons (Fsp3) is 0.647. The molecule has 0 amide bonds. The molecule has 1 aliphatic carbocycles. The molecule has 2 N–H and O–H groups in total. The largest absolute Gasteiger partial charge is 0.506 e. The number of nitrogens with one attached hydrogen (secondary N) is 1. The Labute approximate surface area is 117 Å². The zero-order valence-corrected chi connectivity index (χ0v) is 12.1. The molecule has 19 heavy (non-hydrogen) atoms. The predicted octanol–water partition coefficient (Wildman–Crippen LogP) is 4.94. The fourth-order valence-electron chi connectivity index (χ4n) is 3.18. The van der Waals surface area contributed by atoms with Gasteiger partial charge in [0.25, 0.3) is 0 Å². The van der Waals surface area contributed by atoms with Crippen molar-refractivity contribution >= 4 is 5.69 Å². The highest BCUT2D eigenvalue weighted by Crippen LogP contribution is 2.32. The first-order valence-electron chi connectivity index (χ1n) is 7.85. The van der Waals surface area contributed by atoms with Crippen LogP contribution in [0.4, 0.5) is 5.69 Å². The number of benzene rings is 1. The summed E-state index contributed by atoms with van der Waals surface area (Å²) < 4.78 is 0. The summed E-state index contributed by atoms with van der Waals surface area (Å²) >= 11 is 0. The van der Waals surface area contributed by atoms with Gasteiger partial charge in [-0.15, -0.1) is 0 Å². The van der Waals surface area contributed by atoms with Gasteiger partial charge in [-0.2, -0.15) is 0 Å². The van der Waals surface area contributed by atoms with E-state index in [2.05, 4.69) is 12.2 Å². The van der Waals surface area contributed by atoms with Gasteiger partial charge in [0.2, 0.25) is 0 Å². The Balaban J connectivity index is 2.02. The van der Waals surface area contributed by atoms with Crippen LogP contribution in [0.5, 0.6) is 5.75 Å². The van der Waals surface area contributed by atoms with Gasteiger partial charge in [0.05, 0.1) is 5.69 Å². The standard InChI is InChI=1S/C17H27NO/c1-2-3-11-15(14-9-5-4-6-10-14)18-16-12-7-8-13-17(16)19/h7-8,12-15,18-19H,2-6,9-11H2,1H3. The first-order chi connectivity index (χ1) is 9.31. The number of hydrogen-bond acceptors (Lipinski definition) is 2. The zero-order chi connectivity index (χ0) is 13.5. The van der Waals surface area contributed by atoms with Crippen LogP contribution in [0.25, 0.3) is 0 Å². The van der Waals surface area contributed by atoms with E-state index in [-0.39, 0.29) is 0 Å². The van der Waals surface area contributed by atoms with E-state index in [4.69, 9.17) is 0 Å². The van der Waals surface area contributed by atoms with E-state index in [0.29, 0.717) is 11.8 Å². The second-order valence-corrected chi connectivity index (χ2v) is 5.81. The Bertz CT molecular complexity index is 371. The van der Waals surface area contributed by atoms with Crippen LogP contribution in [0.15, 0.2) is 24.3 Å². The van der Waals surface area contributed by atoms with E-state index in [1.807, 2.05) is 18.2 Å². The minimum Gasteiger partial charge on any atom is -0.506 e. The molecule has 1 saturated carbocycles. The maximum atomic E-state index is 9.92. The summed E-state index contributed by atoms with van der Waals surface area (Å²) in [5, 5.41) is 13.5. The monoisotopic (exact) mass is 261 g/mol. The maximum Gasteiger partial charge on any atom is 0.138 e. The number of phenols is 1. The van der Waals surface area contributed by atoms with Gasteiger partial charge in [0, 0.05) is 6.04 Å². The molecule has 2 nitrogen and oxygen atoms in total. The molecular weight excluding hydrogens is 234 g/mol. The Kier molecular flexibility index (Phi) is 5.56. The van der Waals surface area contributed by atoms with Gasteiger partial charge in [-0.3, -0.25) is 0 Å². The molecule has 1 fully saturated rings. The lowest BCUT2D eigenvalue weighted by molar-refractivity contribution is 0.304. The molecular formula is C17H27NO. The molecule has 0 saturated heterocycles. The highest BCUT2D eigenvalue weighted by Gasteiger charge is 2.23. The van der Waals surface area contributed by atoms with Crippen LogP contribution >= 0.6 is 0 Å². The van der Waals surface area contributed by atoms with Crippen molar-refractivity contribution in [2.45, 2.75) is 64.3 Å². The smallest absolute Gasteiger partial charge is 0.138 e. The van der Waals surface area contributed by atoms with Crippen molar-refractivity contribution in [3.05, 3.63) is 24.3 Å². The Morgan fingerprint density at radius 3 is 2.63 bits per heavy atom. The number of para-hydroxylation sites is 2. The minimum absolute atomic E-state index is 0.375. The molecule has 1 unspecified atom stereocenters. The zero-order valence-electron chi connectivity index (χ0n) is 12.1. The van der Waals surface area contributed by atoms with Gasteiger partial charge in [0.1, 0.15) is 5.75 Å². The van der Waals surface area contributed by atoms with E-state index < -0.39 is 0 Å². The summed E-state index contributed by atoms with van der Waals surface area (Å²) in [6, 6.07) is 8.13. The van der Waals surface area contributed by atoms with Crippen LogP contribution in [0, 0.1) is 5.92 Å². The van der Waals surface area contributed by atoms with Crippen molar-refractivity contribution in [1.29, 1.82) is 0 Å². The summed E-state index contributed by atoms with van der Waals surface area (Å²) in [4.78, 5) is 0. The average molecular weight is 261 g/mol. The van der Waals surface area contributed by atoms with Gasteiger partial charge in [0.15, 0.2) is 0 Å². The van der Waals surface area contributed by atoms with Gasteiger partial charge in [-0.25, -0.2) is 0 Å². The van der Waals surface area contributed by atoms with Crippen LogP contribution in [0.3, 0.4) is 0 Å². The number of phenolic OH excluding ortho intramolecular Hbond substituents is 1. The van der Waals surface area contributed by atoms with Crippen molar-refractivity contribution in [3.63, 3.8) is 0 Å². The van der Waals surface area contributed by atoms with Crippen LogP contribution in [0.2, 0.25) is 0 Å². The van der Waals surface area contributed by atoms with Gasteiger partial charge in [-0.05, 0) is 37.3 Å². The summed E-state index contributed by atoms with van der Waals surface area (Å²) in [7, 11) is 0. The number of hydrogen-bond donors (Lipinski definition) is 2. The summed E-state index contributed by atoms with van der Waals surface area (Å²) in [5.74, 6) is 1.15. The number of anilines is 1. The molecule has 0 heterocycles. The number of unbranched alkanes of at least 4 members (excludes halogenated alkanes) is 1. The predicted molar refractivity (Wildman–Crippen MR) is 81.6 cm³/mol. The van der Waals surface area contributed by atoms with Crippen molar-refractivity contribution in [3.8, 4) is 5.75 Å². The van der Waals surface area contributed by atoms with E-state index >= 15 is 0 Å². The Morgan fingerprint density at radius 2 is 1.95 bits per heavy atom. The van der Waals surface area contributed by atoms with E-state index in [1.165, 1.54) is 51.4 Å². The lowest BCUT2D eigenvalue weighted by Gasteiger charge is -2.32. The molecule has 2 rings (SSSR count). The second kappa shape index (κ2) is 7.42. The van der Waals surface area contributed by atoms with Gasteiger partial charge < -0.3 is 10.4 Å². The average Bonchev–Trinajstić information content (AvgIpc) is 2.46. The first-order valence-corrected chi connectivity index (χ1v) is 7.85. The van der Waals surface area contributed by atoms with Crippen molar-refractivity contribution in [1.82, 2.24) is 0 Å². The Morgan fingerprint density at radius 1 is 1.21 bits per heavy atom. The molecule has 1 aliphatic rings. The molecule has 1 atom stereocenters. The van der Waals surface area contributed by atoms with Crippen molar-refractivity contribution < 1.29 is 5.11 Å². The molecule has 0 aromatic heterocycles. The third-order valence-electron chi connectivity index (χ3n) is 4.33. The van der Waals surface area contributed by atoms with Crippen LogP contribution in [0.1, 0.15) is 58.3 Å². The molecule has 0 bridgehead atoms. The third kappa shape index (κ3) is 4.15. The molecule has 1 aromatic rings. The van der Waals surface area contributed by atoms with Gasteiger partial charge in [-0.1, -0.05) is 51.2 Å². The molecule has 0 spiro atoms. The molecule has 1 aromatic carbocycles. The van der Waals surface area contributed by atoms with Crippen LogP contribution in [-0.2, 0) is 0 Å². The third-order valence-corrected chi connectivity index (χ3v) is 4.33. The topological polar surface area (TPSA) is 32.3 Å². The maximum absolute atomic E-state index is 9.92. The van der Waals surface area contributed by atoms with Crippen LogP contribution in [-0.4, -0.2) is 11.1 Å². The van der Waals surface area contributed by atoms with Crippen LogP contribution < -0.4 is 5.32 Å². The molecule has 2 heteroatoms. The summed E-state index contributed by atoms with van der Waals surface area (Å²) in [5.41, 5.74) is 0.897. The first kappa shape index (κ1) is 14.2. The van der Waals surface area contributed by atoms with E-state index in [1.54, 1.807) is 6.07 Å². The van der Waals surface area contributed by atoms with Crippen molar-refractivity contribution in [2.75, 3.05) is 5.32 Å². The highest BCUT2D eigenvalue weighted by molar-refractivity contribution is 5.55. The lowest BCUT2D eigenvalue weighted by atomic mass is 9.82. The number of aromatic hydroxyl groups is 1. The minimum atomic E-state index is 0.375. The molecule has 0 radical (unpaired) electrons. The number of rotatable bonds is 6. The summed E-state index contributed by atoms with van der Waals surface area (Å²) in [6.07, 6.45) is 10.5. The van der Waals surface area contributed by atoms with E-state index in [9.17, 15) is 5.11 Å². The van der Waals surface area contributed by atoms with Gasteiger partial charge >= 0.3 is 0 Å². The van der Waals surface area contributed by atoms with Crippen molar-refractivity contribution in [2.24, 2.45) is 5.92 Å². The summed E-state index contributed by atoms with van der Waals surface area (Å²) in [6.45, 7) is 2.25. The lowest BCUT2D eigenvalue weighted by Crippen LogP contribution is -2.30. The fourth-order valence-corrected chi connectivity index (χ4v) is 3.18. The molecule has 0 aliphatic heterocycles.